The van der Waals surface area contributed by atoms with Crippen LogP contribution in [-0.2, 0) is 19.1 Å². The highest BCUT2D eigenvalue weighted by Gasteiger charge is 2.45. The van der Waals surface area contributed by atoms with Gasteiger partial charge in [0.05, 0.1) is 24.5 Å². The van der Waals surface area contributed by atoms with Gasteiger partial charge in [0, 0.05) is 7.11 Å². The Morgan fingerprint density at radius 2 is 1.78 bits per heavy atom. The Labute approximate surface area is 108 Å². The van der Waals surface area contributed by atoms with E-state index >= 15 is 0 Å². The first kappa shape index (κ1) is 16.9. The zero-order chi connectivity index (χ0) is 14.5. The molecule has 0 aliphatic rings. The molecule has 0 amide bonds. The Balaban J connectivity index is 5.38. The second-order valence-electron chi connectivity index (χ2n) is 5.40. The van der Waals surface area contributed by atoms with Crippen LogP contribution in [0.15, 0.2) is 0 Å². The summed E-state index contributed by atoms with van der Waals surface area (Å²) in [6.07, 6.45) is -0.559. The quantitative estimate of drug-likeness (QED) is 0.739. The van der Waals surface area contributed by atoms with Crippen LogP contribution in [0.1, 0.15) is 34.6 Å². The fourth-order valence-corrected chi connectivity index (χ4v) is 2.03. The Morgan fingerprint density at radius 1 is 1.28 bits per heavy atom. The molecule has 5 heteroatoms. The monoisotopic (exact) mass is 260 g/mol. The molecule has 0 bridgehead atoms. The molecule has 0 aromatic heterocycles. The van der Waals surface area contributed by atoms with Crippen LogP contribution in [0.25, 0.3) is 0 Å². The Kier molecular flexibility index (Phi) is 6.32. The summed E-state index contributed by atoms with van der Waals surface area (Å²) in [5.74, 6) is -3.20. The van der Waals surface area contributed by atoms with E-state index in [4.69, 9.17) is 9.47 Å². The molecule has 0 heterocycles. The van der Waals surface area contributed by atoms with Crippen molar-refractivity contribution in [3.63, 3.8) is 0 Å². The van der Waals surface area contributed by atoms with Crippen molar-refractivity contribution in [3.05, 3.63) is 0 Å². The average Bonchev–Trinajstić information content (AvgIpc) is 2.22. The molecule has 0 spiro atoms. The number of hydrogen-bond donors (Lipinski definition) is 1. The Hall–Kier alpha value is -1.10. The van der Waals surface area contributed by atoms with E-state index in [1.807, 2.05) is 20.8 Å². The number of carboxylic acid groups (broad SMARTS) is 1. The fraction of sp³-hybridized carbons (Fsp3) is 0.846. The Morgan fingerprint density at radius 3 is 2.06 bits per heavy atom. The van der Waals surface area contributed by atoms with Gasteiger partial charge in [-0.15, -0.1) is 0 Å². The van der Waals surface area contributed by atoms with Crippen LogP contribution in [0.2, 0.25) is 0 Å². The number of esters is 1. The molecule has 0 saturated heterocycles. The number of carbonyl (C=O) groups excluding carboxylic acids is 1. The van der Waals surface area contributed by atoms with Gasteiger partial charge in [0.2, 0.25) is 0 Å². The normalized spacial score (nSPS) is 16.8. The van der Waals surface area contributed by atoms with Gasteiger partial charge in [0.1, 0.15) is 0 Å². The minimum absolute atomic E-state index is 0.235. The van der Waals surface area contributed by atoms with Crippen LogP contribution >= 0.6 is 0 Å². The van der Waals surface area contributed by atoms with Crippen LogP contribution in [0.5, 0.6) is 0 Å². The van der Waals surface area contributed by atoms with E-state index in [0.717, 1.165) is 0 Å². The molecule has 0 radical (unpaired) electrons. The molecule has 3 unspecified atom stereocenters. The number of carbonyl (C=O) groups is 2. The summed E-state index contributed by atoms with van der Waals surface area (Å²) < 4.78 is 10.1. The minimum Gasteiger partial charge on any atom is -0.481 e. The summed E-state index contributed by atoms with van der Waals surface area (Å²) >= 11 is 0. The summed E-state index contributed by atoms with van der Waals surface area (Å²) in [7, 11) is 1.44. The predicted molar refractivity (Wildman–Crippen MR) is 67.2 cm³/mol. The van der Waals surface area contributed by atoms with Crippen molar-refractivity contribution in [2.75, 3.05) is 13.7 Å². The van der Waals surface area contributed by atoms with Crippen molar-refractivity contribution in [2.45, 2.75) is 40.7 Å². The van der Waals surface area contributed by atoms with Crippen molar-refractivity contribution in [3.8, 4) is 0 Å². The lowest BCUT2D eigenvalue weighted by molar-refractivity contribution is -0.168. The molecule has 0 aromatic carbocycles. The summed E-state index contributed by atoms with van der Waals surface area (Å²) in [6, 6.07) is 0. The predicted octanol–water partition coefficient (Wildman–Crippen LogP) is 1.95. The first-order chi connectivity index (χ1) is 8.16. The zero-order valence-electron chi connectivity index (χ0n) is 12.0. The fourth-order valence-electron chi connectivity index (χ4n) is 2.03. The van der Waals surface area contributed by atoms with Gasteiger partial charge in [0.25, 0.3) is 0 Å². The molecule has 0 saturated carbocycles. The molecular formula is C13H24O5. The molecule has 18 heavy (non-hydrogen) atoms. The molecule has 0 aliphatic heterocycles. The highest BCUT2D eigenvalue weighted by molar-refractivity contribution is 5.82. The van der Waals surface area contributed by atoms with E-state index in [0.29, 0.717) is 0 Å². The highest BCUT2D eigenvalue weighted by atomic mass is 16.5. The third-order valence-electron chi connectivity index (χ3n) is 3.00. The van der Waals surface area contributed by atoms with Crippen molar-refractivity contribution in [2.24, 2.45) is 17.3 Å². The second-order valence-corrected chi connectivity index (χ2v) is 5.40. The molecule has 0 fully saturated rings. The topological polar surface area (TPSA) is 72.8 Å². The number of aliphatic carboxylic acids is 1. The third-order valence-corrected chi connectivity index (χ3v) is 3.00. The van der Waals surface area contributed by atoms with Crippen LogP contribution < -0.4 is 0 Å². The largest absolute Gasteiger partial charge is 0.481 e. The molecule has 3 atom stereocenters. The van der Waals surface area contributed by atoms with Crippen LogP contribution in [-0.4, -0.2) is 36.9 Å². The number of carboxylic acids is 1. The number of ether oxygens (including phenoxy) is 2. The molecule has 1 N–H and O–H groups in total. The van der Waals surface area contributed by atoms with Gasteiger partial charge >= 0.3 is 11.9 Å². The molecule has 0 aromatic rings. The van der Waals surface area contributed by atoms with Crippen molar-refractivity contribution in [1.82, 2.24) is 0 Å². The van der Waals surface area contributed by atoms with Gasteiger partial charge in [-0.05, 0) is 19.3 Å². The van der Waals surface area contributed by atoms with E-state index in [1.54, 1.807) is 13.8 Å². The molecular weight excluding hydrogens is 236 g/mol. The van der Waals surface area contributed by atoms with E-state index in [1.165, 1.54) is 7.11 Å². The summed E-state index contributed by atoms with van der Waals surface area (Å²) in [6.45, 7) is 9.07. The van der Waals surface area contributed by atoms with Crippen molar-refractivity contribution < 1.29 is 24.2 Å². The SMILES string of the molecule is CCOC(=O)C(C(C(=O)O)C(C)OC)C(C)(C)C. The first-order valence-corrected chi connectivity index (χ1v) is 6.09. The van der Waals surface area contributed by atoms with Gasteiger partial charge in [-0.2, -0.15) is 0 Å². The van der Waals surface area contributed by atoms with E-state index in [9.17, 15) is 14.7 Å². The minimum atomic E-state index is -1.04. The van der Waals surface area contributed by atoms with Gasteiger partial charge in [-0.25, -0.2) is 0 Å². The smallest absolute Gasteiger partial charge is 0.310 e. The Bertz CT molecular complexity index is 292. The van der Waals surface area contributed by atoms with E-state index in [2.05, 4.69) is 0 Å². The molecule has 0 aliphatic carbocycles. The van der Waals surface area contributed by atoms with Crippen LogP contribution in [0, 0.1) is 17.3 Å². The van der Waals surface area contributed by atoms with Crippen LogP contribution in [0.3, 0.4) is 0 Å². The summed E-state index contributed by atoms with van der Waals surface area (Å²) in [4.78, 5) is 23.4. The summed E-state index contributed by atoms with van der Waals surface area (Å²) in [5, 5.41) is 9.34. The maximum Gasteiger partial charge on any atom is 0.310 e. The first-order valence-electron chi connectivity index (χ1n) is 6.09. The van der Waals surface area contributed by atoms with Crippen molar-refractivity contribution in [1.29, 1.82) is 0 Å². The number of hydrogen-bond acceptors (Lipinski definition) is 4. The maximum atomic E-state index is 12.0. The molecule has 5 nitrogen and oxygen atoms in total. The molecule has 0 rings (SSSR count). The third kappa shape index (κ3) is 4.29. The van der Waals surface area contributed by atoms with Crippen LogP contribution in [0.4, 0.5) is 0 Å². The standard InChI is InChI=1S/C13H24O5/c1-7-18-12(16)10(13(3,4)5)9(11(14)15)8(2)17-6/h8-10H,7H2,1-6H3,(H,14,15). The van der Waals surface area contributed by atoms with Crippen molar-refractivity contribution >= 4 is 11.9 Å². The molecule has 106 valence electrons. The van der Waals surface area contributed by atoms with Gasteiger partial charge in [-0.3, -0.25) is 9.59 Å². The van der Waals surface area contributed by atoms with E-state index < -0.39 is 35.3 Å². The summed E-state index contributed by atoms with van der Waals surface area (Å²) in [5.41, 5.74) is -0.512. The zero-order valence-corrected chi connectivity index (χ0v) is 12.0. The highest BCUT2D eigenvalue weighted by Crippen LogP contribution is 2.36. The lowest BCUT2D eigenvalue weighted by atomic mass is 9.71. The van der Waals surface area contributed by atoms with Gasteiger partial charge in [0.15, 0.2) is 0 Å². The number of rotatable bonds is 6. The number of methoxy groups -OCH3 is 1. The van der Waals surface area contributed by atoms with E-state index in [-0.39, 0.29) is 6.61 Å². The van der Waals surface area contributed by atoms with Gasteiger partial charge in [-0.1, -0.05) is 20.8 Å². The average molecular weight is 260 g/mol. The van der Waals surface area contributed by atoms with Gasteiger partial charge < -0.3 is 14.6 Å². The lowest BCUT2D eigenvalue weighted by Gasteiger charge is -2.35. The second kappa shape index (κ2) is 6.73. The lowest BCUT2D eigenvalue weighted by Crippen LogP contribution is -2.45. The maximum absolute atomic E-state index is 12.0.